The van der Waals surface area contributed by atoms with Crippen molar-refractivity contribution >= 4 is 18.3 Å². The number of fused-ring (bicyclic) bond motifs is 2. The number of carbonyl (C=O) groups excluding carboxylic acids is 1. The van der Waals surface area contributed by atoms with Gasteiger partial charge in [-0.3, -0.25) is 9.69 Å². The van der Waals surface area contributed by atoms with E-state index >= 15 is 0 Å². The number of nitrogens with zero attached hydrogens (tertiary/aromatic N) is 2. The molecule has 0 spiro atoms. The van der Waals surface area contributed by atoms with Crippen molar-refractivity contribution in [2.75, 3.05) is 19.6 Å². The van der Waals surface area contributed by atoms with Crippen LogP contribution in [0.1, 0.15) is 30.9 Å². The van der Waals surface area contributed by atoms with Crippen LogP contribution in [0.25, 0.3) is 0 Å². The highest BCUT2D eigenvalue weighted by molar-refractivity contribution is 5.85. The fraction of sp³-hybridized carbons (Fsp3) is 0.632. The minimum Gasteiger partial charge on any atom is -0.341 e. The summed E-state index contributed by atoms with van der Waals surface area (Å²) in [6.07, 6.45) is 3.38. The van der Waals surface area contributed by atoms with Crippen molar-refractivity contribution in [1.82, 2.24) is 9.80 Å². The maximum atomic E-state index is 12.9. The molecule has 1 saturated heterocycles. The summed E-state index contributed by atoms with van der Waals surface area (Å²) in [5, 5.41) is 0. The molecule has 1 aliphatic carbocycles. The molecule has 2 fully saturated rings. The molecule has 0 aromatic heterocycles. The van der Waals surface area contributed by atoms with Gasteiger partial charge in [0.05, 0.1) is 6.04 Å². The van der Waals surface area contributed by atoms with Crippen LogP contribution >= 0.6 is 12.4 Å². The Morgan fingerprint density at radius 2 is 1.96 bits per heavy atom. The van der Waals surface area contributed by atoms with Crippen molar-refractivity contribution in [2.24, 2.45) is 17.6 Å². The van der Waals surface area contributed by atoms with Crippen LogP contribution in [0.15, 0.2) is 24.3 Å². The Morgan fingerprint density at radius 1 is 1.21 bits per heavy atom. The molecule has 4 rings (SSSR count). The highest BCUT2D eigenvalue weighted by atomic mass is 35.5. The fourth-order valence-corrected chi connectivity index (χ4v) is 4.76. The first-order valence-electron chi connectivity index (χ1n) is 8.98. The Balaban J connectivity index is 0.00000169. The molecule has 0 bridgehead atoms. The summed E-state index contributed by atoms with van der Waals surface area (Å²) in [6, 6.07) is 8.88. The molecule has 5 heteroatoms. The Bertz CT molecular complexity index is 608. The minimum atomic E-state index is -0.0293. The molecule has 2 aliphatic heterocycles. The van der Waals surface area contributed by atoms with Crippen molar-refractivity contribution in [2.45, 2.75) is 44.8 Å². The number of amides is 1. The Morgan fingerprint density at radius 3 is 2.71 bits per heavy atom. The number of halogens is 1. The molecule has 4 nitrogen and oxygen atoms in total. The molecule has 24 heavy (non-hydrogen) atoms. The second-order valence-corrected chi connectivity index (χ2v) is 7.57. The number of likely N-dealkylation sites (tertiary alicyclic amines) is 1. The molecule has 3 aliphatic rings. The van der Waals surface area contributed by atoms with Gasteiger partial charge >= 0.3 is 0 Å². The van der Waals surface area contributed by atoms with Gasteiger partial charge in [0.25, 0.3) is 0 Å². The van der Waals surface area contributed by atoms with Gasteiger partial charge in [-0.25, -0.2) is 0 Å². The number of nitrogens with two attached hydrogens (primary N) is 1. The first-order valence-corrected chi connectivity index (χ1v) is 8.98. The zero-order valence-corrected chi connectivity index (χ0v) is 15.2. The van der Waals surface area contributed by atoms with E-state index in [0.717, 1.165) is 39.0 Å². The van der Waals surface area contributed by atoms with Crippen LogP contribution in [0.5, 0.6) is 0 Å². The van der Waals surface area contributed by atoms with E-state index < -0.39 is 0 Å². The van der Waals surface area contributed by atoms with Crippen LogP contribution in [0.3, 0.4) is 0 Å². The molecular formula is C19H28ClN3O. The topological polar surface area (TPSA) is 49.6 Å². The molecule has 132 valence electrons. The van der Waals surface area contributed by atoms with Crippen molar-refractivity contribution in [3.05, 3.63) is 35.4 Å². The summed E-state index contributed by atoms with van der Waals surface area (Å²) >= 11 is 0. The molecule has 2 heterocycles. The molecular weight excluding hydrogens is 322 g/mol. The lowest BCUT2D eigenvalue weighted by Gasteiger charge is -2.35. The Hall–Kier alpha value is -1.10. The monoisotopic (exact) mass is 349 g/mol. The molecule has 1 saturated carbocycles. The van der Waals surface area contributed by atoms with Crippen LogP contribution in [0, 0.1) is 11.8 Å². The van der Waals surface area contributed by atoms with Gasteiger partial charge in [0, 0.05) is 32.2 Å². The van der Waals surface area contributed by atoms with E-state index in [1.807, 2.05) is 0 Å². The van der Waals surface area contributed by atoms with Crippen molar-refractivity contribution in [3.63, 3.8) is 0 Å². The lowest BCUT2D eigenvalue weighted by molar-refractivity contribution is -0.136. The van der Waals surface area contributed by atoms with Gasteiger partial charge in [-0.05, 0) is 49.1 Å². The third-order valence-corrected chi connectivity index (χ3v) is 6.29. The molecule has 4 atom stereocenters. The second-order valence-electron chi connectivity index (χ2n) is 7.57. The van der Waals surface area contributed by atoms with Crippen molar-refractivity contribution in [3.8, 4) is 0 Å². The lowest BCUT2D eigenvalue weighted by atomic mass is 9.98. The average Bonchev–Trinajstić information content (AvgIpc) is 3.15. The number of benzene rings is 1. The van der Waals surface area contributed by atoms with Crippen LogP contribution in [-0.4, -0.2) is 47.4 Å². The number of hydrogen-bond donors (Lipinski definition) is 1. The predicted molar refractivity (Wildman–Crippen MR) is 98.0 cm³/mol. The maximum absolute atomic E-state index is 12.9. The molecule has 1 aromatic carbocycles. The highest BCUT2D eigenvalue weighted by Gasteiger charge is 2.43. The van der Waals surface area contributed by atoms with E-state index in [4.69, 9.17) is 5.73 Å². The SMILES string of the molecule is CC(C(=O)N1CC2CCC(N)C2C1)N1CCc2ccccc2C1.Cl. The quantitative estimate of drug-likeness (QED) is 0.889. The van der Waals surface area contributed by atoms with Crippen LogP contribution in [0.2, 0.25) is 0 Å². The Labute approximate surface area is 150 Å². The first-order chi connectivity index (χ1) is 11.1. The molecule has 0 radical (unpaired) electrons. The van der Waals surface area contributed by atoms with Crippen molar-refractivity contribution < 1.29 is 4.79 Å². The molecule has 4 unspecified atom stereocenters. The Kier molecular flexibility index (Phi) is 5.19. The van der Waals surface area contributed by atoms with E-state index in [-0.39, 0.29) is 18.4 Å². The summed E-state index contributed by atoms with van der Waals surface area (Å²) in [4.78, 5) is 17.4. The average molecular weight is 350 g/mol. The summed E-state index contributed by atoms with van der Waals surface area (Å²) in [7, 11) is 0. The minimum absolute atomic E-state index is 0. The number of hydrogen-bond acceptors (Lipinski definition) is 3. The largest absolute Gasteiger partial charge is 0.341 e. The summed E-state index contributed by atoms with van der Waals surface area (Å²) < 4.78 is 0. The fourth-order valence-electron chi connectivity index (χ4n) is 4.76. The third kappa shape index (κ3) is 3.07. The van der Waals surface area contributed by atoms with Crippen LogP contribution in [-0.2, 0) is 17.8 Å². The predicted octanol–water partition coefficient (Wildman–Crippen LogP) is 2.05. The van der Waals surface area contributed by atoms with Gasteiger partial charge in [0.1, 0.15) is 0 Å². The van der Waals surface area contributed by atoms with Gasteiger partial charge in [-0.1, -0.05) is 24.3 Å². The molecule has 2 N–H and O–H groups in total. The second kappa shape index (κ2) is 7.03. The highest BCUT2D eigenvalue weighted by Crippen LogP contribution is 2.37. The molecule has 1 amide bonds. The van der Waals surface area contributed by atoms with Gasteiger partial charge in [0.15, 0.2) is 0 Å². The van der Waals surface area contributed by atoms with E-state index in [1.165, 1.54) is 17.5 Å². The van der Waals surface area contributed by atoms with Gasteiger partial charge < -0.3 is 10.6 Å². The standard InChI is InChI=1S/C19H27N3O.ClH/c1-13(21-9-8-14-4-2-3-5-15(14)10-21)19(23)22-11-16-6-7-18(20)17(16)12-22;/h2-5,13,16-18H,6-12,20H2,1H3;1H. The van der Waals surface area contributed by atoms with E-state index in [0.29, 0.717) is 23.8 Å². The molecule has 1 aromatic rings. The smallest absolute Gasteiger partial charge is 0.239 e. The van der Waals surface area contributed by atoms with Crippen LogP contribution < -0.4 is 5.73 Å². The summed E-state index contributed by atoms with van der Waals surface area (Å²) in [6.45, 7) is 5.74. The number of rotatable bonds is 2. The normalized spacial score (nSPS) is 30.4. The van der Waals surface area contributed by atoms with E-state index in [2.05, 4.69) is 41.0 Å². The van der Waals surface area contributed by atoms with E-state index in [1.54, 1.807) is 0 Å². The van der Waals surface area contributed by atoms with Crippen molar-refractivity contribution in [1.29, 1.82) is 0 Å². The number of carbonyl (C=O) groups is 1. The maximum Gasteiger partial charge on any atom is 0.239 e. The summed E-state index contributed by atoms with van der Waals surface area (Å²) in [5.41, 5.74) is 9.01. The van der Waals surface area contributed by atoms with Gasteiger partial charge in [-0.2, -0.15) is 0 Å². The van der Waals surface area contributed by atoms with Gasteiger partial charge in [0.2, 0.25) is 5.91 Å². The van der Waals surface area contributed by atoms with Crippen LogP contribution in [0.4, 0.5) is 0 Å². The third-order valence-electron chi connectivity index (χ3n) is 6.29. The lowest BCUT2D eigenvalue weighted by Crippen LogP contribution is -2.48. The van der Waals surface area contributed by atoms with Gasteiger partial charge in [-0.15, -0.1) is 12.4 Å². The van der Waals surface area contributed by atoms with E-state index in [9.17, 15) is 4.79 Å². The first kappa shape index (κ1) is 17.7. The summed E-state index contributed by atoms with van der Waals surface area (Å²) in [5.74, 6) is 1.47. The zero-order valence-electron chi connectivity index (χ0n) is 14.4. The zero-order chi connectivity index (χ0) is 16.0.